The highest BCUT2D eigenvalue weighted by Crippen LogP contribution is 2.32. The fourth-order valence-corrected chi connectivity index (χ4v) is 4.50. The van der Waals surface area contributed by atoms with Crippen molar-refractivity contribution in [1.82, 2.24) is 14.8 Å². The van der Waals surface area contributed by atoms with E-state index in [-0.39, 0.29) is 5.91 Å². The Morgan fingerprint density at radius 2 is 1.90 bits per heavy atom. The van der Waals surface area contributed by atoms with Crippen molar-refractivity contribution in [2.75, 3.05) is 33.0 Å². The number of amides is 1. The van der Waals surface area contributed by atoms with Crippen molar-refractivity contribution in [1.29, 1.82) is 0 Å². The lowest BCUT2D eigenvalue weighted by molar-refractivity contribution is -0.127. The van der Waals surface area contributed by atoms with Gasteiger partial charge in [0.15, 0.2) is 11.5 Å². The lowest BCUT2D eigenvalue weighted by atomic mass is 10.1. The van der Waals surface area contributed by atoms with Gasteiger partial charge >= 0.3 is 0 Å². The zero-order valence-corrected chi connectivity index (χ0v) is 16.7. The largest absolute Gasteiger partial charge is 0.454 e. The van der Waals surface area contributed by atoms with Crippen molar-refractivity contribution in [3.05, 3.63) is 59.1 Å². The number of piperazine rings is 1. The lowest BCUT2D eigenvalue weighted by Crippen LogP contribution is -2.47. The van der Waals surface area contributed by atoms with Crippen molar-refractivity contribution in [2.24, 2.45) is 0 Å². The van der Waals surface area contributed by atoms with Crippen LogP contribution in [-0.4, -0.2) is 53.7 Å². The van der Waals surface area contributed by atoms with E-state index >= 15 is 0 Å². The molecule has 6 nitrogen and oxygen atoms in total. The maximum absolute atomic E-state index is 12.5. The number of aromatic nitrogens is 1. The molecular weight excluding hydrogens is 386 g/mol. The van der Waals surface area contributed by atoms with Gasteiger partial charge in [0.05, 0.1) is 10.2 Å². The molecule has 0 spiro atoms. The van der Waals surface area contributed by atoms with Crippen molar-refractivity contribution >= 4 is 33.5 Å². The molecule has 5 rings (SSSR count). The summed E-state index contributed by atoms with van der Waals surface area (Å²) in [5.74, 6) is 1.67. The summed E-state index contributed by atoms with van der Waals surface area (Å²) in [6.07, 6.45) is 3.47. The topological polar surface area (TPSA) is 54.9 Å². The number of rotatable bonds is 4. The summed E-state index contributed by atoms with van der Waals surface area (Å²) in [5, 5.41) is 0.862. The van der Waals surface area contributed by atoms with E-state index in [4.69, 9.17) is 9.47 Å². The van der Waals surface area contributed by atoms with E-state index in [2.05, 4.69) is 16.0 Å². The third-order valence-electron chi connectivity index (χ3n) is 5.21. The highest BCUT2D eigenvalue weighted by Gasteiger charge is 2.21. The van der Waals surface area contributed by atoms with E-state index in [1.807, 2.05) is 47.4 Å². The molecule has 2 aliphatic heterocycles. The van der Waals surface area contributed by atoms with Gasteiger partial charge in [-0.2, -0.15) is 0 Å². The van der Waals surface area contributed by atoms with E-state index in [1.54, 1.807) is 17.4 Å². The van der Waals surface area contributed by atoms with Crippen LogP contribution in [0.3, 0.4) is 0 Å². The van der Waals surface area contributed by atoms with Crippen LogP contribution in [0, 0.1) is 0 Å². The SMILES string of the molecule is O=C(C=Cc1nc2ccccc2s1)N1CCN(Cc2ccc3c(c2)OCO3)CC1. The minimum absolute atomic E-state index is 0.0481. The molecule has 3 aromatic rings. The number of nitrogens with zero attached hydrogens (tertiary/aromatic N) is 3. The molecule has 1 aromatic heterocycles. The zero-order chi connectivity index (χ0) is 19.6. The fourth-order valence-electron chi connectivity index (χ4n) is 3.63. The number of carbonyl (C=O) groups excluding carboxylic acids is 1. The molecule has 0 aliphatic carbocycles. The first-order chi connectivity index (χ1) is 14.2. The maximum Gasteiger partial charge on any atom is 0.246 e. The first-order valence-electron chi connectivity index (χ1n) is 9.68. The smallest absolute Gasteiger partial charge is 0.246 e. The molecule has 0 N–H and O–H groups in total. The predicted molar refractivity (Wildman–Crippen MR) is 113 cm³/mol. The van der Waals surface area contributed by atoms with Crippen molar-refractivity contribution < 1.29 is 14.3 Å². The van der Waals surface area contributed by atoms with Gasteiger partial charge in [-0.3, -0.25) is 9.69 Å². The van der Waals surface area contributed by atoms with Crippen LogP contribution < -0.4 is 9.47 Å². The molecule has 2 aromatic carbocycles. The third-order valence-corrected chi connectivity index (χ3v) is 6.21. The monoisotopic (exact) mass is 407 g/mol. The summed E-state index contributed by atoms with van der Waals surface area (Å²) < 4.78 is 12.0. The Morgan fingerprint density at radius 3 is 2.76 bits per heavy atom. The lowest BCUT2D eigenvalue weighted by Gasteiger charge is -2.34. The van der Waals surface area contributed by atoms with Gasteiger partial charge in [0.2, 0.25) is 12.7 Å². The Kier molecular flexibility index (Phi) is 4.91. The predicted octanol–water partition coefficient (Wildman–Crippen LogP) is 3.38. The van der Waals surface area contributed by atoms with E-state index in [9.17, 15) is 4.79 Å². The molecule has 0 bridgehead atoms. The van der Waals surface area contributed by atoms with Gasteiger partial charge in [-0.05, 0) is 35.9 Å². The highest BCUT2D eigenvalue weighted by atomic mass is 32.1. The zero-order valence-electron chi connectivity index (χ0n) is 15.9. The van der Waals surface area contributed by atoms with Crippen LogP contribution in [0.1, 0.15) is 10.6 Å². The van der Waals surface area contributed by atoms with Crippen LogP contribution in [0.15, 0.2) is 48.5 Å². The first kappa shape index (κ1) is 18.1. The van der Waals surface area contributed by atoms with Crippen LogP contribution in [0.4, 0.5) is 0 Å². The normalized spacial score (nSPS) is 16.8. The second-order valence-electron chi connectivity index (χ2n) is 7.14. The Hall–Kier alpha value is -2.90. The average Bonchev–Trinajstić information content (AvgIpc) is 3.38. The van der Waals surface area contributed by atoms with Crippen molar-refractivity contribution in [3.63, 3.8) is 0 Å². The molecule has 7 heteroatoms. The maximum atomic E-state index is 12.5. The number of hydrogen-bond donors (Lipinski definition) is 0. The van der Waals surface area contributed by atoms with Crippen molar-refractivity contribution in [3.8, 4) is 11.5 Å². The molecule has 1 amide bonds. The molecule has 3 heterocycles. The van der Waals surface area contributed by atoms with Crippen LogP contribution in [0.5, 0.6) is 11.5 Å². The minimum atomic E-state index is 0.0481. The minimum Gasteiger partial charge on any atom is -0.454 e. The molecule has 0 atom stereocenters. The van der Waals surface area contributed by atoms with E-state index in [0.29, 0.717) is 6.79 Å². The molecule has 1 fully saturated rings. The number of benzene rings is 2. The molecule has 0 saturated carbocycles. The molecule has 0 radical (unpaired) electrons. The van der Waals surface area contributed by atoms with Gasteiger partial charge in [-0.25, -0.2) is 4.98 Å². The van der Waals surface area contributed by atoms with E-state index < -0.39 is 0 Å². The number of ether oxygens (including phenoxy) is 2. The number of para-hydroxylation sites is 1. The number of carbonyl (C=O) groups is 1. The Bertz CT molecular complexity index is 1040. The van der Waals surface area contributed by atoms with Gasteiger partial charge in [0.1, 0.15) is 5.01 Å². The number of fused-ring (bicyclic) bond motifs is 2. The summed E-state index contributed by atoms with van der Waals surface area (Å²) in [6, 6.07) is 14.1. The summed E-state index contributed by atoms with van der Waals surface area (Å²) >= 11 is 1.60. The highest BCUT2D eigenvalue weighted by molar-refractivity contribution is 7.19. The number of hydrogen-bond acceptors (Lipinski definition) is 6. The molecule has 1 saturated heterocycles. The van der Waals surface area contributed by atoms with Gasteiger partial charge in [-0.1, -0.05) is 18.2 Å². The standard InChI is InChI=1S/C22H21N3O3S/c26-22(8-7-21-23-17-3-1-2-4-20(17)29-21)25-11-9-24(10-12-25)14-16-5-6-18-19(13-16)28-15-27-18/h1-8,13H,9-12,14-15H2. The van der Waals surface area contributed by atoms with Crippen molar-refractivity contribution in [2.45, 2.75) is 6.54 Å². The average molecular weight is 407 g/mol. The van der Waals surface area contributed by atoms with Gasteiger partial charge in [-0.15, -0.1) is 11.3 Å². The summed E-state index contributed by atoms with van der Waals surface area (Å²) in [7, 11) is 0. The first-order valence-corrected chi connectivity index (χ1v) is 10.5. The van der Waals surface area contributed by atoms with E-state index in [0.717, 1.165) is 59.4 Å². The number of thiazole rings is 1. The summed E-state index contributed by atoms with van der Waals surface area (Å²) in [4.78, 5) is 21.4. The van der Waals surface area contributed by atoms with Gasteiger partial charge < -0.3 is 14.4 Å². The summed E-state index contributed by atoms with van der Waals surface area (Å²) in [6.45, 7) is 4.32. The molecule has 2 aliphatic rings. The Labute approximate surface area is 173 Å². The van der Waals surface area contributed by atoms with Gasteiger partial charge in [0.25, 0.3) is 0 Å². The van der Waals surface area contributed by atoms with Crippen LogP contribution in [0.2, 0.25) is 0 Å². The Morgan fingerprint density at radius 1 is 1.07 bits per heavy atom. The quantitative estimate of drug-likeness (QED) is 0.621. The fraction of sp³-hybridized carbons (Fsp3) is 0.273. The van der Waals surface area contributed by atoms with E-state index in [1.165, 1.54) is 5.56 Å². The second-order valence-corrected chi connectivity index (χ2v) is 8.20. The third kappa shape index (κ3) is 3.97. The molecule has 148 valence electrons. The van der Waals surface area contributed by atoms with Crippen LogP contribution >= 0.6 is 11.3 Å². The summed E-state index contributed by atoms with van der Waals surface area (Å²) in [5.41, 5.74) is 2.17. The van der Waals surface area contributed by atoms with Crippen LogP contribution in [-0.2, 0) is 11.3 Å². The Balaban J connectivity index is 1.15. The second kappa shape index (κ2) is 7.85. The van der Waals surface area contributed by atoms with Crippen LogP contribution in [0.25, 0.3) is 16.3 Å². The molecule has 29 heavy (non-hydrogen) atoms. The molecular formula is C22H21N3O3S. The van der Waals surface area contributed by atoms with Gasteiger partial charge in [0, 0.05) is 38.8 Å². The molecule has 0 unspecified atom stereocenters.